The Labute approximate surface area is 117 Å². The maximum absolute atomic E-state index is 5.64. The van der Waals surface area contributed by atoms with E-state index >= 15 is 0 Å². The molecule has 0 aromatic rings. The van der Waals surface area contributed by atoms with Crippen LogP contribution < -0.4 is 5.32 Å². The van der Waals surface area contributed by atoms with Gasteiger partial charge in [0, 0.05) is 0 Å². The average molecular weight is 270 g/mol. The molecule has 0 amide bonds. The van der Waals surface area contributed by atoms with Crippen molar-refractivity contribution in [3.05, 3.63) is 0 Å². The Balaban J connectivity index is 1.50. The van der Waals surface area contributed by atoms with Crippen molar-refractivity contribution in [3.8, 4) is 0 Å². The zero-order chi connectivity index (χ0) is 13.7. The molecule has 1 N–H and O–H groups in total. The summed E-state index contributed by atoms with van der Waals surface area (Å²) in [6, 6.07) is 0.356. The molecule has 0 spiro atoms. The van der Waals surface area contributed by atoms with Crippen LogP contribution in [0.2, 0.25) is 0 Å². The molecule has 2 rings (SSSR count). The van der Waals surface area contributed by atoms with Crippen molar-refractivity contribution < 1.29 is 9.47 Å². The first kappa shape index (κ1) is 15.2. The van der Waals surface area contributed by atoms with Crippen LogP contribution in [-0.2, 0) is 9.47 Å². The van der Waals surface area contributed by atoms with E-state index < -0.39 is 5.79 Å². The molecule has 0 unspecified atom stereocenters. The molecular formula is C15H30N2O2. The van der Waals surface area contributed by atoms with Crippen LogP contribution in [-0.4, -0.2) is 56.1 Å². The van der Waals surface area contributed by atoms with Crippen molar-refractivity contribution in [1.82, 2.24) is 10.2 Å². The summed E-state index contributed by atoms with van der Waals surface area (Å²) >= 11 is 0. The molecule has 0 radical (unpaired) electrons. The van der Waals surface area contributed by atoms with Gasteiger partial charge in [-0.3, -0.25) is 0 Å². The molecule has 2 saturated heterocycles. The van der Waals surface area contributed by atoms with Gasteiger partial charge in [0.05, 0.1) is 19.3 Å². The first-order chi connectivity index (χ1) is 9.05. The molecule has 0 aromatic heterocycles. The molecule has 0 atom stereocenters. The van der Waals surface area contributed by atoms with E-state index in [1.54, 1.807) is 0 Å². The lowest BCUT2D eigenvalue weighted by Crippen LogP contribution is -2.49. The van der Waals surface area contributed by atoms with E-state index in [0.29, 0.717) is 6.04 Å². The zero-order valence-electron chi connectivity index (χ0n) is 12.8. The van der Waals surface area contributed by atoms with Crippen LogP contribution in [0.15, 0.2) is 0 Å². The number of piperidine rings is 1. The van der Waals surface area contributed by atoms with Gasteiger partial charge in [0.15, 0.2) is 5.79 Å². The summed E-state index contributed by atoms with van der Waals surface area (Å²) in [6.45, 7) is 12.7. The summed E-state index contributed by atoms with van der Waals surface area (Å²) in [5.41, 5.74) is 0. The molecule has 0 aliphatic carbocycles. The molecule has 2 heterocycles. The van der Waals surface area contributed by atoms with E-state index in [4.69, 9.17) is 9.47 Å². The van der Waals surface area contributed by atoms with Gasteiger partial charge in [0.25, 0.3) is 0 Å². The monoisotopic (exact) mass is 270 g/mol. The van der Waals surface area contributed by atoms with Crippen LogP contribution in [0, 0.1) is 5.92 Å². The topological polar surface area (TPSA) is 33.7 Å². The van der Waals surface area contributed by atoms with Crippen LogP contribution in [0.4, 0.5) is 0 Å². The van der Waals surface area contributed by atoms with Gasteiger partial charge in [-0.2, -0.15) is 0 Å². The number of likely N-dealkylation sites (tertiary alicyclic amines) is 1. The molecule has 0 aromatic carbocycles. The van der Waals surface area contributed by atoms with Crippen molar-refractivity contribution in [2.24, 2.45) is 5.92 Å². The van der Waals surface area contributed by atoms with Crippen LogP contribution in [0.3, 0.4) is 0 Å². The van der Waals surface area contributed by atoms with E-state index in [1.807, 2.05) is 13.8 Å². The highest BCUT2D eigenvalue weighted by atomic mass is 16.7. The SMILES string of the molecule is CC1CCN(CCCNC2COC(C)(C)OC2)CC1. The number of nitrogens with one attached hydrogen (secondary N) is 1. The summed E-state index contributed by atoms with van der Waals surface area (Å²) in [4.78, 5) is 2.60. The largest absolute Gasteiger partial charge is 0.349 e. The predicted molar refractivity (Wildman–Crippen MR) is 77.2 cm³/mol. The molecule has 4 nitrogen and oxygen atoms in total. The van der Waals surface area contributed by atoms with E-state index in [-0.39, 0.29) is 0 Å². The van der Waals surface area contributed by atoms with E-state index in [2.05, 4.69) is 17.1 Å². The maximum Gasteiger partial charge on any atom is 0.162 e. The fourth-order valence-electron chi connectivity index (χ4n) is 2.70. The average Bonchev–Trinajstić information content (AvgIpc) is 2.38. The molecule has 2 aliphatic heterocycles. The number of hydrogen-bond donors (Lipinski definition) is 1. The zero-order valence-corrected chi connectivity index (χ0v) is 12.8. The Hall–Kier alpha value is -0.160. The standard InChI is InChI=1S/C15H30N2O2/c1-13-5-9-17(10-6-13)8-4-7-16-14-11-18-15(2,3)19-12-14/h13-14,16H,4-12H2,1-3H3. The third kappa shape index (κ3) is 5.38. The van der Waals surface area contributed by atoms with Gasteiger partial charge in [-0.25, -0.2) is 0 Å². The highest BCUT2D eigenvalue weighted by Gasteiger charge is 2.27. The third-order valence-electron chi connectivity index (χ3n) is 4.22. The Morgan fingerprint density at radius 2 is 1.79 bits per heavy atom. The van der Waals surface area contributed by atoms with Crippen LogP contribution >= 0.6 is 0 Å². The first-order valence-corrected chi connectivity index (χ1v) is 7.79. The van der Waals surface area contributed by atoms with Gasteiger partial charge < -0.3 is 19.7 Å². The highest BCUT2D eigenvalue weighted by Crippen LogP contribution is 2.17. The number of rotatable bonds is 5. The molecule has 112 valence electrons. The lowest BCUT2D eigenvalue weighted by Gasteiger charge is -2.35. The Morgan fingerprint density at radius 1 is 1.16 bits per heavy atom. The lowest BCUT2D eigenvalue weighted by atomic mass is 9.99. The first-order valence-electron chi connectivity index (χ1n) is 7.79. The minimum absolute atomic E-state index is 0.356. The fraction of sp³-hybridized carbons (Fsp3) is 1.00. The summed E-state index contributed by atoms with van der Waals surface area (Å²) < 4.78 is 11.3. The molecule has 4 heteroatoms. The number of nitrogens with zero attached hydrogens (tertiary/aromatic N) is 1. The van der Waals surface area contributed by atoms with Gasteiger partial charge in [0.1, 0.15) is 0 Å². The van der Waals surface area contributed by atoms with Gasteiger partial charge in [-0.1, -0.05) is 6.92 Å². The Morgan fingerprint density at radius 3 is 2.42 bits per heavy atom. The second kappa shape index (κ2) is 7.02. The fourth-order valence-corrected chi connectivity index (χ4v) is 2.70. The second-order valence-corrected chi connectivity index (χ2v) is 6.55. The molecule has 2 aliphatic rings. The molecule has 0 bridgehead atoms. The highest BCUT2D eigenvalue weighted by molar-refractivity contribution is 4.74. The third-order valence-corrected chi connectivity index (χ3v) is 4.22. The van der Waals surface area contributed by atoms with Crippen molar-refractivity contribution in [1.29, 1.82) is 0 Å². The normalized spacial score (nSPS) is 26.7. The predicted octanol–water partition coefficient (Wildman–Crippen LogP) is 1.85. The summed E-state index contributed by atoms with van der Waals surface area (Å²) in [5.74, 6) is 0.525. The van der Waals surface area contributed by atoms with Gasteiger partial charge >= 0.3 is 0 Å². The second-order valence-electron chi connectivity index (χ2n) is 6.55. The molecule has 2 fully saturated rings. The molecule has 19 heavy (non-hydrogen) atoms. The van der Waals surface area contributed by atoms with Gasteiger partial charge in [-0.15, -0.1) is 0 Å². The van der Waals surface area contributed by atoms with E-state index in [1.165, 1.54) is 38.9 Å². The number of hydrogen-bond acceptors (Lipinski definition) is 4. The summed E-state index contributed by atoms with van der Waals surface area (Å²) in [5, 5.41) is 3.53. The van der Waals surface area contributed by atoms with Crippen molar-refractivity contribution in [2.45, 2.75) is 51.9 Å². The van der Waals surface area contributed by atoms with Crippen LogP contribution in [0.5, 0.6) is 0 Å². The van der Waals surface area contributed by atoms with Crippen molar-refractivity contribution in [3.63, 3.8) is 0 Å². The lowest BCUT2D eigenvalue weighted by molar-refractivity contribution is -0.252. The van der Waals surface area contributed by atoms with E-state index in [0.717, 1.165) is 25.7 Å². The van der Waals surface area contributed by atoms with Crippen molar-refractivity contribution >= 4 is 0 Å². The quantitative estimate of drug-likeness (QED) is 0.773. The number of ether oxygens (including phenoxy) is 2. The van der Waals surface area contributed by atoms with Gasteiger partial charge in [-0.05, 0) is 65.2 Å². The minimum atomic E-state index is -0.400. The van der Waals surface area contributed by atoms with Crippen LogP contribution in [0.1, 0.15) is 40.0 Å². The Kier molecular flexibility index (Phi) is 5.63. The Bertz CT molecular complexity index is 253. The van der Waals surface area contributed by atoms with E-state index in [9.17, 15) is 0 Å². The van der Waals surface area contributed by atoms with Crippen molar-refractivity contribution in [2.75, 3.05) is 39.4 Å². The smallest absolute Gasteiger partial charge is 0.162 e. The summed E-state index contributed by atoms with van der Waals surface area (Å²) in [6.07, 6.45) is 3.95. The summed E-state index contributed by atoms with van der Waals surface area (Å²) in [7, 11) is 0. The maximum atomic E-state index is 5.64. The minimum Gasteiger partial charge on any atom is -0.349 e. The van der Waals surface area contributed by atoms with Crippen LogP contribution in [0.25, 0.3) is 0 Å². The van der Waals surface area contributed by atoms with Gasteiger partial charge in [0.2, 0.25) is 0 Å². The molecule has 0 saturated carbocycles. The molecular weight excluding hydrogens is 240 g/mol.